The van der Waals surface area contributed by atoms with Crippen LogP contribution in [0.5, 0.6) is 0 Å². The number of halogens is 3. The quantitative estimate of drug-likeness (QED) is 0.668. The number of nitrogens with zero attached hydrogens (tertiary/aromatic N) is 2. The van der Waals surface area contributed by atoms with Gasteiger partial charge in [0.2, 0.25) is 5.91 Å². The number of benzene rings is 1. The molecule has 0 spiro atoms. The largest absolute Gasteiger partial charge is 0.444 e. The van der Waals surface area contributed by atoms with E-state index in [0.717, 1.165) is 12.1 Å². The molecule has 2 rings (SSSR count). The second kappa shape index (κ2) is 7.90. The van der Waals surface area contributed by atoms with E-state index in [2.05, 4.69) is 15.9 Å². The zero-order chi connectivity index (χ0) is 19.6. The Morgan fingerprint density at radius 3 is 2.46 bits per heavy atom. The van der Waals surface area contributed by atoms with Crippen LogP contribution in [0.2, 0.25) is 0 Å². The summed E-state index contributed by atoms with van der Waals surface area (Å²) in [7, 11) is 0. The molecule has 0 bridgehead atoms. The third-order valence-corrected chi connectivity index (χ3v) is 4.65. The molecule has 0 aliphatic carbocycles. The summed E-state index contributed by atoms with van der Waals surface area (Å²) in [6.07, 6.45) is -0.645. The van der Waals surface area contributed by atoms with E-state index in [4.69, 9.17) is 4.74 Å². The van der Waals surface area contributed by atoms with Gasteiger partial charge in [-0.05, 0) is 55.8 Å². The predicted molar refractivity (Wildman–Crippen MR) is 96.7 cm³/mol. The Labute approximate surface area is 160 Å². The topological polar surface area (TPSA) is 49.9 Å². The molecule has 1 aromatic rings. The summed E-state index contributed by atoms with van der Waals surface area (Å²) in [4.78, 5) is 27.8. The van der Waals surface area contributed by atoms with Gasteiger partial charge in [0.25, 0.3) is 0 Å². The Kier molecular flexibility index (Phi) is 6.26. The van der Waals surface area contributed by atoms with Crippen molar-refractivity contribution in [3.8, 4) is 0 Å². The number of hydrogen-bond acceptors (Lipinski definition) is 3. The van der Waals surface area contributed by atoms with E-state index >= 15 is 0 Å². The number of amides is 2. The molecule has 1 unspecified atom stereocenters. The van der Waals surface area contributed by atoms with Crippen molar-refractivity contribution in [2.24, 2.45) is 0 Å². The molecule has 1 heterocycles. The van der Waals surface area contributed by atoms with Gasteiger partial charge in [0.1, 0.15) is 17.2 Å². The van der Waals surface area contributed by atoms with Crippen LogP contribution in [-0.2, 0) is 16.0 Å². The normalized spacial score (nSPS) is 18.0. The fraction of sp³-hybridized carbons (Fsp3) is 0.556. The van der Waals surface area contributed by atoms with Gasteiger partial charge in [-0.3, -0.25) is 4.79 Å². The zero-order valence-electron chi connectivity index (χ0n) is 15.3. The van der Waals surface area contributed by atoms with E-state index < -0.39 is 23.3 Å². The highest BCUT2D eigenvalue weighted by Gasteiger charge is 2.32. The van der Waals surface area contributed by atoms with Crippen LogP contribution in [-0.4, -0.2) is 53.1 Å². The molecule has 2 amide bonds. The standard InChI is InChI=1S/C18H23BrF2N2O3/c1-11-10-22(5-6-23(11)17(25)26-18(2,3)4)16(24)8-12-7-15(21)13(19)9-14(12)20/h7,9,11H,5-6,8,10H2,1-4H3. The predicted octanol–water partition coefficient (Wildman–Crippen LogP) is 3.74. The van der Waals surface area contributed by atoms with Crippen molar-refractivity contribution in [1.82, 2.24) is 9.80 Å². The maximum atomic E-state index is 13.9. The minimum Gasteiger partial charge on any atom is -0.444 e. The number of ether oxygens (including phenoxy) is 1. The van der Waals surface area contributed by atoms with Gasteiger partial charge in [-0.25, -0.2) is 13.6 Å². The lowest BCUT2D eigenvalue weighted by molar-refractivity contribution is -0.133. The molecule has 0 saturated carbocycles. The van der Waals surface area contributed by atoms with Gasteiger partial charge in [-0.1, -0.05) is 0 Å². The van der Waals surface area contributed by atoms with Crippen LogP contribution < -0.4 is 0 Å². The fourth-order valence-corrected chi connectivity index (χ4v) is 3.07. The SMILES string of the molecule is CC1CN(C(=O)Cc2cc(F)c(Br)cc2F)CCN1C(=O)OC(C)(C)C. The lowest BCUT2D eigenvalue weighted by Crippen LogP contribution is -2.56. The van der Waals surface area contributed by atoms with Crippen LogP contribution >= 0.6 is 15.9 Å². The lowest BCUT2D eigenvalue weighted by Gasteiger charge is -2.40. The second-order valence-corrected chi connectivity index (χ2v) is 8.25. The number of carbonyl (C=O) groups excluding carboxylic acids is 2. The molecule has 0 N–H and O–H groups in total. The molecular formula is C18H23BrF2N2O3. The van der Waals surface area contributed by atoms with Gasteiger partial charge in [0.05, 0.1) is 10.9 Å². The first-order valence-electron chi connectivity index (χ1n) is 8.38. The van der Waals surface area contributed by atoms with Crippen molar-refractivity contribution in [3.63, 3.8) is 0 Å². The smallest absolute Gasteiger partial charge is 0.410 e. The summed E-state index contributed by atoms with van der Waals surface area (Å²) in [5, 5.41) is 0. The summed E-state index contributed by atoms with van der Waals surface area (Å²) >= 11 is 2.91. The van der Waals surface area contributed by atoms with Gasteiger partial charge in [0, 0.05) is 31.2 Å². The van der Waals surface area contributed by atoms with Gasteiger partial charge in [-0.15, -0.1) is 0 Å². The molecule has 144 valence electrons. The van der Waals surface area contributed by atoms with Crippen LogP contribution in [0.4, 0.5) is 13.6 Å². The number of piperazine rings is 1. The summed E-state index contributed by atoms with van der Waals surface area (Å²) < 4.78 is 32.9. The van der Waals surface area contributed by atoms with Crippen LogP contribution in [0.3, 0.4) is 0 Å². The van der Waals surface area contributed by atoms with Crippen LogP contribution in [0.25, 0.3) is 0 Å². The second-order valence-electron chi connectivity index (χ2n) is 7.40. The Bertz CT molecular complexity index is 706. The van der Waals surface area contributed by atoms with Crippen LogP contribution in [0, 0.1) is 11.6 Å². The third kappa shape index (κ3) is 5.16. The molecule has 5 nitrogen and oxygen atoms in total. The van der Waals surface area contributed by atoms with E-state index in [-0.39, 0.29) is 28.4 Å². The lowest BCUT2D eigenvalue weighted by atomic mass is 10.1. The van der Waals surface area contributed by atoms with Gasteiger partial charge in [0.15, 0.2) is 0 Å². The number of carbonyl (C=O) groups is 2. The Morgan fingerprint density at radius 2 is 1.88 bits per heavy atom. The van der Waals surface area contributed by atoms with Crippen molar-refractivity contribution >= 4 is 27.9 Å². The minimum atomic E-state index is -0.632. The molecule has 0 aromatic heterocycles. The molecule has 0 radical (unpaired) electrons. The van der Waals surface area contributed by atoms with Crippen molar-refractivity contribution in [1.29, 1.82) is 0 Å². The Hall–Kier alpha value is -1.70. The highest BCUT2D eigenvalue weighted by atomic mass is 79.9. The summed E-state index contributed by atoms with van der Waals surface area (Å²) in [5.41, 5.74) is -0.578. The summed E-state index contributed by atoms with van der Waals surface area (Å²) in [6, 6.07) is 1.81. The van der Waals surface area contributed by atoms with Crippen LogP contribution in [0.15, 0.2) is 16.6 Å². The molecule has 8 heteroatoms. The van der Waals surface area contributed by atoms with Crippen LogP contribution in [0.1, 0.15) is 33.3 Å². The third-order valence-electron chi connectivity index (χ3n) is 4.04. The molecule has 1 aliphatic rings. The average molecular weight is 433 g/mol. The van der Waals surface area contributed by atoms with E-state index in [1.165, 1.54) is 0 Å². The molecule has 26 heavy (non-hydrogen) atoms. The fourth-order valence-electron chi connectivity index (χ4n) is 2.75. The number of rotatable bonds is 2. The van der Waals surface area contributed by atoms with E-state index in [1.807, 2.05) is 6.92 Å². The van der Waals surface area contributed by atoms with Crippen molar-refractivity contribution in [2.75, 3.05) is 19.6 Å². The number of hydrogen-bond donors (Lipinski definition) is 0. The van der Waals surface area contributed by atoms with Gasteiger partial charge < -0.3 is 14.5 Å². The first-order chi connectivity index (χ1) is 12.0. The maximum absolute atomic E-state index is 13.9. The highest BCUT2D eigenvalue weighted by Crippen LogP contribution is 2.21. The van der Waals surface area contributed by atoms with Crippen molar-refractivity contribution in [3.05, 3.63) is 33.8 Å². The zero-order valence-corrected chi connectivity index (χ0v) is 16.9. The van der Waals surface area contributed by atoms with E-state index in [0.29, 0.717) is 19.6 Å². The van der Waals surface area contributed by atoms with Crippen molar-refractivity contribution < 1.29 is 23.1 Å². The molecule has 1 aromatic carbocycles. The monoisotopic (exact) mass is 432 g/mol. The minimum absolute atomic E-state index is 0.0120. The van der Waals surface area contributed by atoms with Gasteiger partial charge in [-0.2, -0.15) is 0 Å². The van der Waals surface area contributed by atoms with Gasteiger partial charge >= 0.3 is 6.09 Å². The molecule has 1 aliphatic heterocycles. The highest BCUT2D eigenvalue weighted by molar-refractivity contribution is 9.10. The molecule has 1 fully saturated rings. The first-order valence-corrected chi connectivity index (χ1v) is 9.18. The average Bonchev–Trinajstić information content (AvgIpc) is 2.50. The Balaban J connectivity index is 1.99. The summed E-state index contributed by atoms with van der Waals surface area (Å²) in [5.74, 6) is -1.55. The summed E-state index contributed by atoms with van der Waals surface area (Å²) in [6.45, 7) is 8.17. The molecular weight excluding hydrogens is 410 g/mol. The Morgan fingerprint density at radius 1 is 1.23 bits per heavy atom. The first kappa shape index (κ1) is 20.6. The van der Waals surface area contributed by atoms with E-state index in [1.54, 1.807) is 30.6 Å². The van der Waals surface area contributed by atoms with Crippen molar-refractivity contribution in [2.45, 2.75) is 45.8 Å². The molecule has 1 saturated heterocycles. The molecule has 1 atom stereocenters. The van der Waals surface area contributed by atoms with E-state index in [9.17, 15) is 18.4 Å². The maximum Gasteiger partial charge on any atom is 0.410 e.